The quantitative estimate of drug-likeness (QED) is 0.614. The molecule has 2 N–H and O–H groups in total. The topological polar surface area (TPSA) is 124 Å². The van der Waals surface area contributed by atoms with Gasteiger partial charge in [-0.2, -0.15) is 0 Å². The lowest BCUT2D eigenvalue weighted by molar-refractivity contribution is 0.00682. The number of benzene rings is 1. The summed E-state index contributed by atoms with van der Waals surface area (Å²) in [5, 5.41) is 14.8. The molecule has 0 radical (unpaired) electrons. The SMILES string of the molecule is CCN1C(=O)c2c(O)c(=O)c(C(=O)NCc3ccc(F)cc3F)cn2N2CCN(C(=O)OC(C)(C)C)C[C@@H]12. The molecule has 2 aromatic rings. The smallest absolute Gasteiger partial charge is 0.410 e. The maximum atomic E-state index is 14.0. The molecule has 1 aromatic heterocycles. The molecule has 0 spiro atoms. The minimum Gasteiger partial charge on any atom is -0.502 e. The number of pyridine rings is 1. The van der Waals surface area contributed by atoms with Gasteiger partial charge in [0.25, 0.3) is 11.8 Å². The van der Waals surface area contributed by atoms with Crippen LogP contribution in [0.5, 0.6) is 5.75 Å². The van der Waals surface area contributed by atoms with Gasteiger partial charge < -0.3 is 25.0 Å². The highest BCUT2D eigenvalue weighted by Gasteiger charge is 2.44. The van der Waals surface area contributed by atoms with E-state index < -0.39 is 58.1 Å². The Morgan fingerprint density at radius 3 is 2.53 bits per heavy atom. The van der Waals surface area contributed by atoms with Crippen molar-refractivity contribution in [3.63, 3.8) is 0 Å². The molecule has 0 bridgehead atoms. The number of likely N-dealkylation sites (N-methyl/N-ethyl adjacent to an activating group) is 1. The highest BCUT2D eigenvalue weighted by Crippen LogP contribution is 2.27. The number of hydrogen-bond donors (Lipinski definition) is 2. The molecule has 11 nitrogen and oxygen atoms in total. The lowest BCUT2D eigenvalue weighted by atomic mass is 10.1. The van der Waals surface area contributed by atoms with Gasteiger partial charge in [0.1, 0.15) is 29.0 Å². The molecule has 3 amide bonds. The van der Waals surface area contributed by atoms with Gasteiger partial charge in [-0.3, -0.25) is 24.1 Å². The van der Waals surface area contributed by atoms with Crippen LogP contribution < -0.4 is 15.8 Å². The average molecular weight is 534 g/mol. The fourth-order valence-electron chi connectivity index (χ4n) is 4.47. The number of halogens is 2. The largest absolute Gasteiger partial charge is 0.502 e. The van der Waals surface area contributed by atoms with E-state index in [1.165, 1.54) is 14.5 Å². The van der Waals surface area contributed by atoms with Crippen LogP contribution in [0.4, 0.5) is 13.6 Å². The molecule has 38 heavy (non-hydrogen) atoms. The fraction of sp³-hybridized carbons (Fsp3) is 0.440. The Morgan fingerprint density at radius 1 is 1.18 bits per heavy atom. The van der Waals surface area contributed by atoms with Crippen molar-refractivity contribution in [2.24, 2.45) is 0 Å². The number of nitrogens with one attached hydrogen (secondary N) is 1. The monoisotopic (exact) mass is 533 g/mol. The van der Waals surface area contributed by atoms with E-state index in [-0.39, 0.29) is 44.0 Å². The van der Waals surface area contributed by atoms with E-state index in [4.69, 9.17) is 4.74 Å². The van der Waals surface area contributed by atoms with Crippen LogP contribution in [0.25, 0.3) is 0 Å². The first-order valence-electron chi connectivity index (χ1n) is 12.1. The molecule has 1 aromatic carbocycles. The van der Waals surface area contributed by atoms with Crippen molar-refractivity contribution in [3.05, 3.63) is 63.1 Å². The number of amides is 3. The molecular weight excluding hydrogens is 504 g/mol. The normalized spacial score (nSPS) is 17.2. The van der Waals surface area contributed by atoms with Crippen molar-refractivity contribution in [2.45, 2.75) is 46.0 Å². The van der Waals surface area contributed by atoms with Gasteiger partial charge in [0.2, 0.25) is 5.43 Å². The number of nitrogens with zero attached hydrogens (tertiary/aromatic N) is 4. The van der Waals surface area contributed by atoms with Crippen molar-refractivity contribution >= 4 is 17.9 Å². The van der Waals surface area contributed by atoms with Crippen LogP contribution in [0.3, 0.4) is 0 Å². The van der Waals surface area contributed by atoms with Crippen molar-refractivity contribution in [1.82, 2.24) is 19.8 Å². The Balaban J connectivity index is 1.65. The molecule has 1 fully saturated rings. The van der Waals surface area contributed by atoms with Gasteiger partial charge in [0.15, 0.2) is 11.4 Å². The van der Waals surface area contributed by atoms with Crippen molar-refractivity contribution in [3.8, 4) is 5.75 Å². The summed E-state index contributed by atoms with van der Waals surface area (Å²) < 4.78 is 33.9. The molecule has 2 aliphatic heterocycles. The summed E-state index contributed by atoms with van der Waals surface area (Å²) in [5.41, 5.74) is -2.56. The van der Waals surface area contributed by atoms with E-state index in [9.17, 15) is 33.1 Å². The summed E-state index contributed by atoms with van der Waals surface area (Å²) in [6.07, 6.45) is -0.0518. The number of rotatable bonds is 4. The van der Waals surface area contributed by atoms with Crippen molar-refractivity contribution < 1.29 is 33.0 Å². The lowest BCUT2D eigenvalue weighted by Crippen LogP contribution is -2.69. The molecule has 1 atom stereocenters. The first kappa shape index (κ1) is 26.9. The van der Waals surface area contributed by atoms with Gasteiger partial charge >= 0.3 is 6.09 Å². The van der Waals surface area contributed by atoms with Gasteiger partial charge in [0.05, 0.1) is 13.1 Å². The number of piperazine rings is 1. The molecule has 3 heterocycles. The second-order valence-corrected chi connectivity index (χ2v) is 9.99. The summed E-state index contributed by atoms with van der Waals surface area (Å²) >= 11 is 0. The molecule has 0 aliphatic carbocycles. The second-order valence-electron chi connectivity index (χ2n) is 9.99. The Kier molecular flexibility index (Phi) is 7.04. The summed E-state index contributed by atoms with van der Waals surface area (Å²) in [6, 6.07) is 2.87. The number of fused-ring (bicyclic) bond motifs is 3. The third kappa shape index (κ3) is 5.00. The first-order valence-corrected chi connectivity index (χ1v) is 12.1. The van der Waals surface area contributed by atoms with E-state index in [1.807, 2.05) is 0 Å². The third-order valence-electron chi connectivity index (χ3n) is 6.28. The minimum absolute atomic E-state index is 0.00544. The van der Waals surface area contributed by atoms with Gasteiger partial charge in [-0.15, -0.1) is 0 Å². The van der Waals surface area contributed by atoms with E-state index in [0.29, 0.717) is 6.07 Å². The molecule has 13 heteroatoms. The van der Waals surface area contributed by atoms with Crippen molar-refractivity contribution in [2.75, 3.05) is 31.2 Å². The highest BCUT2D eigenvalue weighted by atomic mass is 19.1. The van der Waals surface area contributed by atoms with Crippen LogP contribution in [-0.4, -0.2) is 75.4 Å². The minimum atomic E-state index is -1.07. The third-order valence-corrected chi connectivity index (χ3v) is 6.28. The van der Waals surface area contributed by atoms with Crippen LogP contribution >= 0.6 is 0 Å². The van der Waals surface area contributed by atoms with Crippen LogP contribution in [0.15, 0.2) is 29.2 Å². The van der Waals surface area contributed by atoms with Crippen LogP contribution in [-0.2, 0) is 11.3 Å². The summed E-state index contributed by atoms with van der Waals surface area (Å²) in [7, 11) is 0. The summed E-state index contributed by atoms with van der Waals surface area (Å²) in [4.78, 5) is 54.6. The molecule has 0 saturated carbocycles. The van der Waals surface area contributed by atoms with Crippen LogP contribution in [0.1, 0.15) is 54.1 Å². The molecule has 0 unspecified atom stereocenters. The average Bonchev–Trinajstić information content (AvgIpc) is 2.84. The van der Waals surface area contributed by atoms with Gasteiger partial charge in [0, 0.05) is 37.5 Å². The Labute approximate surface area is 217 Å². The number of carbonyl (C=O) groups excluding carboxylic acids is 3. The standard InChI is InChI=1S/C25H29F2N5O6/c1-5-30-18-13-29(24(37)38-25(2,3)4)8-9-31(18)32-12-16(20(33)21(34)19(32)23(30)36)22(35)28-11-14-6-7-15(26)10-17(14)27/h6-7,10,12,18,34H,5,8-9,11,13H2,1-4H3,(H,28,35)/t18-/m0/s1. The number of aromatic hydroxyl groups is 1. The van der Waals surface area contributed by atoms with Gasteiger partial charge in [-0.05, 0) is 33.8 Å². The zero-order chi connectivity index (χ0) is 27.9. The van der Waals surface area contributed by atoms with Gasteiger partial charge in [-0.1, -0.05) is 6.07 Å². The predicted molar refractivity (Wildman–Crippen MR) is 131 cm³/mol. The molecular formula is C25H29F2N5O6. The van der Waals surface area contributed by atoms with E-state index >= 15 is 0 Å². The number of hydrogen-bond acceptors (Lipinski definition) is 7. The second kappa shape index (κ2) is 9.95. The van der Waals surface area contributed by atoms with Crippen LogP contribution in [0, 0.1) is 11.6 Å². The predicted octanol–water partition coefficient (Wildman–Crippen LogP) is 1.75. The van der Waals surface area contributed by atoms with E-state index in [0.717, 1.165) is 18.3 Å². The Morgan fingerprint density at radius 2 is 1.89 bits per heavy atom. The lowest BCUT2D eigenvalue weighted by Gasteiger charge is -2.51. The Hall–Kier alpha value is -4.16. The zero-order valence-corrected chi connectivity index (χ0v) is 21.5. The molecule has 4 rings (SSSR count). The number of ether oxygens (including phenoxy) is 1. The Bertz CT molecular complexity index is 1350. The maximum absolute atomic E-state index is 14.0. The van der Waals surface area contributed by atoms with E-state index in [1.54, 1.807) is 32.7 Å². The number of carbonyl (C=O) groups is 3. The summed E-state index contributed by atoms with van der Waals surface area (Å²) in [6.45, 7) is 7.35. The molecule has 204 valence electrons. The fourth-order valence-corrected chi connectivity index (χ4v) is 4.47. The molecule has 2 aliphatic rings. The number of aromatic nitrogens is 1. The first-order chi connectivity index (χ1) is 17.8. The highest BCUT2D eigenvalue weighted by molar-refractivity contribution is 5.99. The molecule has 1 saturated heterocycles. The maximum Gasteiger partial charge on any atom is 0.410 e. The van der Waals surface area contributed by atoms with E-state index in [2.05, 4.69) is 5.32 Å². The van der Waals surface area contributed by atoms with Crippen LogP contribution in [0.2, 0.25) is 0 Å². The van der Waals surface area contributed by atoms with Crippen molar-refractivity contribution in [1.29, 1.82) is 0 Å². The van der Waals surface area contributed by atoms with Gasteiger partial charge in [-0.25, -0.2) is 13.6 Å². The summed E-state index contributed by atoms with van der Waals surface area (Å²) in [5.74, 6) is -4.11. The zero-order valence-electron chi connectivity index (χ0n) is 21.5.